The van der Waals surface area contributed by atoms with E-state index in [-0.39, 0.29) is 10.9 Å². The van der Waals surface area contributed by atoms with Gasteiger partial charge in [-0.2, -0.15) is 0 Å². The van der Waals surface area contributed by atoms with Gasteiger partial charge in [0.25, 0.3) is 0 Å². The van der Waals surface area contributed by atoms with E-state index in [9.17, 15) is 0 Å². The fraction of sp³-hybridized carbons (Fsp3) is 0.387. The quantitative estimate of drug-likeness (QED) is 0.326. The summed E-state index contributed by atoms with van der Waals surface area (Å²) in [4.78, 5) is 13.1. The molecule has 3 rings (SSSR count). The van der Waals surface area contributed by atoms with Gasteiger partial charge in [0, 0.05) is 22.3 Å². The first kappa shape index (κ1) is 28.5. The van der Waals surface area contributed by atoms with Crippen LogP contribution in [0.1, 0.15) is 74.9 Å². The van der Waals surface area contributed by atoms with Crippen LogP contribution in [0.15, 0.2) is 69.3 Å². The summed E-state index contributed by atoms with van der Waals surface area (Å²) in [6.07, 6.45) is 4.46. The van der Waals surface area contributed by atoms with E-state index in [1.54, 1.807) is 9.79 Å². The summed E-state index contributed by atoms with van der Waals surface area (Å²) in [6, 6.07) is 21.2. The molecule has 0 aromatic heterocycles. The molecule has 0 fully saturated rings. The van der Waals surface area contributed by atoms with Crippen molar-refractivity contribution < 1.29 is 15.0 Å². The number of carboxylic acid groups (broad SMARTS) is 2. The average Bonchev–Trinajstić information content (AvgIpc) is 2.88. The highest BCUT2D eigenvalue weighted by molar-refractivity contribution is 7.97. The van der Waals surface area contributed by atoms with E-state index in [0.717, 1.165) is 38.5 Å². The summed E-state index contributed by atoms with van der Waals surface area (Å²) in [5.41, 5.74) is 9.09. The zero-order valence-electron chi connectivity index (χ0n) is 22.1. The SMILES string of the molecule is CCc1cc(CC)c([S+](c2ccccc2)c2c(CC)cc(CC)cc2CC)c(CC)c1.O=C([O-])O. The second-order valence-electron chi connectivity index (χ2n) is 8.49. The van der Waals surface area contributed by atoms with Crippen LogP contribution in [0.25, 0.3) is 0 Å². The molecule has 0 aliphatic rings. The number of hydrogen-bond donors (Lipinski definition) is 1. The zero-order valence-corrected chi connectivity index (χ0v) is 22.9. The maximum Gasteiger partial charge on any atom is 0.249 e. The lowest BCUT2D eigenvalue weighted by Gasteiger charge is -2.20. The van der Waals surface area contributed by atoms with Crippen molar-refractivity contribution in [3.8, 4) is 0 Å². The number of carbonyl (C=O) groups is 1. The lowest BCUT2D eigenvalue weighted by atomic mass is 10.0. The number of hydrogen-bond acceptors (Lipinski definition) is 2. The van der Waals surface area contributed by atoms with Crippen molar-refractivity contribution in [2.45, 2.75) is 94.8 Å². The van der Waals surface area contributed by atoms with Crippen molar-refractivity contribution in [1.82, 2.24) is 0 Å². The van der Waals surface area contributed by atoms with Gasteiger partial charge in [-0.15, -0.1) is 0 Å². The Kier molecular flexibility index (Phi) is 11.4. The Bertz CT molecular complexity index is 988. The highest BCUT2D eigenvalue weighted by Gasteiger charge is 2.37. The molecule has 0 aliphatic heterocycles. The maximum absolute atomic E-state index is 8.44. The van der Waals surface area contributed by atoms with E-state index in [2.05, 4.69) is 96.1 Å². The highest BCUT2D eigenvalue weighted by atomic mass is 32.2. The first-order valence-corrected chi connectivity index (χ1v) is 14.1. The van der Waals surface area contributed by atoms with Crippen molar-refractivity contribution in [3.63, 3.8) is 0 Å². The van der Waals surface area contributed by atoms with Crippen LogP contribution in [0.2, 0.25) is 0 Å². The molecule has 3 nitrogen and oxygen atoms in total. The Morgan fingerprint density at radius 2 is 0.971 bits per heavy atom. The maximum atomic E-state index is 8.44. The predicted molar refractivity (Wildman–Crippen MR) is 146 cm³/mol. The summed E-state index contributed by atoms with van der Waals surface area (Å²) >= 11 is 0. The second kappa shape index (κ2) is 14.0. The predicted octanol–water partition coefficient (Wildman–Crippen LogP) is 7.04. The number of rotatable bonds is 9. The molecule has 188 valence electrons. The van der Waals surface area contributed by atoms with Crippen LogP contribution in [0.5, 0.6) is 0 Å². The lowest BCUT2D eigenvalue weighted by molar-refractivity contribution is -0.275. The van der Waals surface area contributed by atoms with Crippen molar-refractivity contribution in [2.75, 3.05) is 0 Å². The van der Waals surface area contributed by atoms with Crippen molar-refractivity contribution in [1.29, 1.82) is 0 Å². The third-order valence-corrected chi connectivity index (χ3v) is 8.94. The fourth-order valence-electron chi connectivity index (χ4n) is 4.53. The molecule has 0 saturated heterocycles. The normalized spacial score (nSPS) is 10.7. The zero-order chi connectivity index (χ0) is 26.0. The topological polar surface area (TPSA) is 60.4 Å². The molecule has 4 heteroatoms. The molecule has 3 aromatic rings. The van der Waals surface area contributed by atoms with E-state index in [1.165, 1.54) is 38.3 Å². The Morgan fingerprint density at radius 1 is 0.657 bits per heavy atom. The molecular weight excluding hydrogens is 452 g/mol. The standard InChI is InChI=1S/C30H39S.CH2O3/c1-7-22-18-24(9-3)29(25(10-4)19-22)31(28-16-14-13-15-17-28)30-26(11-5)20-23(8-2)21-27(30)12-6;2-1(3)4/h13-21H,7-12H2,1-6H3;(H2,2,3,4)/q+1;/p-1. The van der Waals surface area contributed by atoms with Crippen LogP contribution in [0, 0.1) is 0 Å². The molecular formula is C31H40O3S. The Balaban J connectivity index is 0.00000100. The van der Waals surface area contributed by atoms with Gasteiger partial charge in [-0.05, 0) is 61.8 Å². The van der Waals surface area contributed by atoms with E-state index < -0.39 is 6.16 Å². The Labute approximate surface area is 214 Å². The minimum absolute atomic E-state index is 0.0809. The van der Waals surface area contributed by atoms with Crippen molar-refractivity contribution in [2.24, 2.45) is 0 Å². The smallest absolute Gasteiger partial charge is 0.249 e. The van der Waals surface area contributed by atoms with Crippen molar-refractivity contribution >= 4 is 17.1 Å². The van der Waals surface area contributed by atoms with Crippen LogP contribution in [0.3, 0.4) is 0 Å². The van der Waals surface area contributed by atoms with Crippen LogP contribution >= 0.6 is 0 Å². The van der Waals surface area contributed by atoms with E-state index in [0.29, 0.717) is 0 Å². The molecule has 0 bridgehead atoms. The van der Waals surface area contributed by atoms with E-state index in [1.807, 2.05) is 0 Å². The molecule has 35 heavy (non-hydrogen) atoms. The summed E-state index contributed by atoms with van der Waals surface area (Å²) in [5, 5.41) is 15.3. The van der Waals surface area contributed by atoms with Gasteiger partial charge in [0.1, 0.15) is 10.9 Å². The molecule has 0 aliphatic carbocycles. The van der Waals surface area contributed by atoms with Gasteiger partial charge >= 0.3 is 0 Å². The first-order valence-electron chi connectivity index (χ1n) is 12.8. The van der Waals surface area contributed by atoms with E-state index in [4.69, 9.17) is 15.0 Å². The molecule has 0 radical (unpaired) electrons. The van der Waals surface area contributed by atoms with Gasteiger partial charge in [-0.25, -0.2) is 0 Å². The van der Waals surface area contributed by atoms with Crippen LogP contribution < -0.4 is 5.11 Å². The van der Waals surface area contributed by atoms with E-state index >= 15 is 0 Å². The molecule has 0 spiro atoms. The largest absolute Gasteiger partial charge is 0.565 e. The van der Waals surface area contributed by atoms with Crippen LogP contribution in [-0.2, 0) is 49.4 Å². The molecule has 0 amide bonds. The first-order chi connectivity index (χ1) is 16.8. The number of aryl methyl sites for hydroxylation is 6. The molecule has 0 unspecified atom stereocenters. The van der Waals surface area contributed by atoms with Gasteiger partial charge in [-0.3, -0.25) is 0 Å². The minimum atomic E-state index is -2.08. The van der Waals surface area contributed by atoms with Crippen LogP contribution in [0.4, 0.5) is 4.79 Å². The van der Waals surface area contributed by atoms with Crippen molar-refractivity contribution in [3.05, 3.63) is 88.0 Å². The fourth-order valence-corrected chi connectivity index (χ4v) is 7.50. The third-order valence-electron chi connectivity index (χ3n) is 6.33. The summed E-state index contributed by atoms with van der Waals surface area (Å²) in [5.74, 6) is 0. The summed E-state index contributed by atoms with van der Waals surface area (Å²) < 4.78 is 0. The lowest BCUT2D eigenvalue weighted by Crippen LogP contribution is -2.17. The molecule has 0 atom stereocenters. The van der Waals surface area contributed by atoms with Crippen LogP contribution in [-0.4, -0.2) is 11.3 Å². The van der Waals surface area contributed by atoms with Gasteiger partial charge in [-0.1, -0.05) is 84.0 Å². The summed E-state index contributed by atoms with van der Waals surface area (Å²) in [7, 11) is -0.0809. The third kappa shape index (κ3) is 7.14. The van der Waals surface area contributed by atoms with Gasteiger partial charge in [0.2, 0.25) is 6.16 Å². The molecule has 0 heterocycles. The molecule has 1 N–H and O–H groups in total. The highest BCUT2D eigenvalue weighted by Crippen LogP contribution is 2.41. The number of benzene rings is 3. The Morgan fingerprint density at radius 3 is 1.23 bits per heavy atom. The van der Waals surface area contributed by atoms with Gasteiger partial charge < -0.3 is 15.0 Å². The summed E-state index contributed by atoms with van der Waals surface area (Å²) in [6.45, 7) is 13.9. The van der Waals surface area contributed by atoms with Gasteiger partial charge in [0.05, 0.1) is 0 Å². The monoisotopic (exact) mass is 492 g/mol. The van der Waals surface area contributed by atoms with Gasteiger partial charge in [0.15, 0.2) is 14.7 Å². The second-order valence-corrected chi connectivity index (χ2v) is 10.4. The Hall–Kier alpha value is -2.72. The minimum Gasteiger partial charge on any atom is -0.565 e. The average molecular weight is 493 g/mol. The molecule has 3 aromatic carbocycles. The molecule has 0 saturated carbocycles.